The molecule has 0 spiro atoms. The number of nitrogens with one attached hydrogen (secondary N) is 1. The Kier molecular flexibility index (Phi) is 11.3. The predicted octanol–water partition coefficient (Wildman–Crippen LogP) is 1.86. The van der Waals surface area contributed by atoms with E-state index in [1.807, 2.05) is 0 Å². The van der Waals surface area contributed by atoms with E-state index in [4.69, 9.17) is 0 Å². The highest BCUT2D eigenvalue weighted by molar-refractivity contribution is 4.68. The van der Waals surface area contributed by atoms with Crippen molar-refractivity contribution in [2.75, 3.05) is 32.8 Å². The van der Waals surface area contributed by atoms with Gasteiger partial charge < -0.3 is 15.3 Å². The van der Waals surface area contributed by atoms with E-state index in [9.17, 15) is 5.11 Å². The van der Waals surface area contributed by atoms with Crippen molar-refractivity contribution >= 4 is 0 Å². The summed E-state index contributed by atoms with van der Waals surface area (Å²) >= 11 is 0. The van der Waals surface area contributed by atoms with Crippen LogP contribution in [0, 0.1) is 0 Å². The van der Waals surface area contributed by atoms with Gasteiger partial charge in [-0.2, -0.15) is 0 Å². The van der Waals surface area contributed by atoms with Crippen LogP contribution in [0.1, 0.15) is 46.5 Å². The van der Waals surface area contributed by atoms with Crippen LogP contribution in [-0.2, 0) is 0 Å². The molecule has 0 saturated heterocycles. The lowest BCUT2D eigenvalue weighted by Gasteiger charge is -2.24. The van der Waals surface area contributed by atoms with E-state index >= 15 is 0 Å². The van der Waals surface area contributed by atoms with Gasteiger partial charge in [0, 0.05) is 6.04 Å². The minimum absolute atomic E-state index is 0.256. The van der Waals surface area contributed by atoms with Crippen molar-refractivity contribution in [1.82, 2.24) is 10.2 Å². The first-order valence-electron chi connectivity index (χ1n) is 6.84. The lowest BCUT2D eigenvalue weighted by molar-refractivity contribution is 0.205. The molecule has 0 rings (SSSR count). The first kappa shape index (κ1) is 15.9. The van der Waals surface area contributed by atoms with Gasteiger partial charge in [-0.15, -0.1) is 0 Å². The Hall–Kier alpha value is -0.120. The zero-order valence-electron chi connectivity index (χ0n) is 11.3. The highest BCUT2D eigenvalue weighted by atomic mass is 16.3. The molecule has 0 aliphatic heterocycles. The van der Waals surface area contributed by atoms with Crippen molar-refractivity contribution in [3.05, 3.63) is 0 Å². The quantitative estimate of drug-likeness (QED) is 0.569. The van der Waals surface area contributed by atoms with Crippen LogP contribution in [0.2, 0.25) is 0 Å². The molecule has 0 radical (unpaired) electrons. The fourth-order valence-corrected chi connectivity index (χ4v) is 1.91. The van der Waals surface area contributed by atoms with Crippen molar-refractivity contribution in [2.45, 2.75) is 52.5 Å². The smallest absolute Gasteiger partial charge is 0.0585 e. The van der Waals surface area contributed by atoms with E-state index in [0.29, 0.717) is 0 Å². The molecule has 1 unspecified atom stereocenters. The van der Waals surface area contributed by atoms with E-state index in [2.05, 4.69) is 31.0 Å². The van der Waals surface area contributed by atoms with Gasteiger partial charge in [0.15, 0.2) is 0 Å². The van der Waals surface area contributed by atoms with Crippen molar-refractivity contribution in [1.29, 1.82) is 0 Å². The molecule has 0 aliphatic rings. The van der Waals surface area contributed by atoms with Crippen molar-refractivity contribution in [3.8, 4) is 0 Å². The molecule has 0 saturated carbocycles. The molecule has 3 heteroatoms. The minimum atomic E-state index is 0.256. The summed E-state index contributed by atoms with van der Waals surface area (Å²) in [5.74, 6) is 0. The Morgan fingerprint density at radius 3 is 2.06 bits per heavy atom. The summed E-state index contributed by atoms with van der Waals surface area (Å²) in [7, 11) is 0. The Morgan fingerprint density at radius 2 is 1.62 bits per heavy atom. The lowest BCUT2D eigenvalue weighted by atomic mass is 10.2. The predicted molar refractivity (Wildman–Crippen MR) is 70.8 cm³/mol. The first-order chi connectivity index (χ1) is 7.78. The lowest BCUT2D eigenvalue weighted by Crippen LogP contribution is -2.37. The number of hydrogen-bond donors (Lipinski definition) is 2. The molecule has 3 nitrogen and oxygen atoms in total. The third-order valence-corrected chi connectivity index (χ3v) is 2.78. The maximum absolute atomic E-state index is 9.24. The molecule has 0 aromatic rings. The van der Waals surface area contributed by atoms with Crippen LogP contribution < -0.4 is 5.32 Å². The van der Waals surface area contributed by atoms with Gasteiger partial charge in [0.05, 0.1) is 6.61 Å². The van der Waals surface area contributed by atoms with E-state index in [-0.39, 0.29) is 12.6 Å². The monoisotopic (exact) mass is 230 g/mol. The van der Waals surface area contributed by atoms with Gasteiger partial charge in [0.25, 0.3) is 0 Å². The second-order valence-corrected chi connectivity index (χ2v) is 4.46. The zero-order valence-corrected chi connectivity index (χ0v) is 11.3. The van der Waals surface area contributed by atoms with Gasteiger partial charge in [0.1, 0.15) is 0 Å². The molecule has 98 valence electrons. The number of rotatable bonds is 11. The first-order valence-corrected chi connectivity index (χ1v) is 6.84. The number of nitrogens with zero attached hydrogens (tertiary/aromatic N) is 1. The fraction of sp³-hybridized carbons (Fsp3) is 1.00. The maximum Gasteiger partial charge on any atom is 0.0585 e. The number of aliphatic hydroxyl groups excluding tert-OH is 1. The molecule has 2 N–H and O–H groups in total. The Morgan fingerprint density at radius 1 is 1.00 bits per heavy atom. The molecule has 0 amide bonds. The summed E-state index contributed by atoms with van der Waals surface area (Å²) in [6.07, 6.45) is 4.61. The fourth-order valence-electron chi connectivity index (χ4n) is 1.91. The topological polar surface area (TPSA) is 35.5 Å². The average molecular weight is 230 g/mol. The summed E-state index contributed by atoms with van der Waals surface area (Å²) in [5.41, 5.74) is 0. The summed E-state index contributed by atoms with van der Waals surface area (Å²) < 4.78 is 0. The molecular weight excluding hydrogens is 200 g/mol. The maximum atomic E-state index is 9.24. The largest absolute Gasteiger partial charge is 0.395 e. The average Bonchev–Trinajstić information content (AvgIpc) is 2.30. The normalized spacial score (nSPS) is 13.3. The van der Waals surface area contributed by atoms with Gasteiger partial charge >= 0.3 is 0 Å². The van der Waals surface area contributed by atoms with Crippen LogP contribution in [0.15, 0.2) is 0 Å². The molecule has 0 heterocycles. The third-order valence-electron chi connectivity index (χ3n) is 2.78. The molecule has 0 bridgehead atoms. The van der Waals surface area contributed by atoms with Gasteiger partial charge in [-0.25, -0.2) is 0 Å². The number of hydrogen-bond acceptors (Lipinski definition) is 3. The minimum Gasteiger partial charge on any atom is -0.395 e. The van der Waals surface area contributed by atoms with Crippen LogP contribution >= 0.6 is 0 Å². The molecule has 0 aromatic carbocycles. The molecule has 0 fully saturated rings. The van der Waals surface area contributed by atoms with E-state index in [1.54, 1.807) is 0 Å². The summed E-state index contributed by atoms with van der Waals surface area (Å²) in [6, 6.07) is 0.274. The highest BCUT2D eigenvalue weighted by Gasteiger charge is 2.09. The van der Waals surface area contributed by atoms with E-state index in [1.165, 1.54) is 25.9 Å². The Bertz CT molecular complexity index is 136. The van der Waals surface area contributed by atoms with Gasteiger partial charge in [0.2, 0.25) is 0 Å². The zero-order chi connectivity index (χ0) is 12.2. The SMILES string of the molecule is CCCNC(CO)CCN(CCC)CCC. The van der Waals surface area contributed by atoms with E-state index < -0.39 is 0 Å². The second-order valence-electron chi connectivity index (χ2n) is 4.46. The second kappa shape index (κ2) is 11.4. The standard InChI is InChI=1S/C13H30N2O/c1-4-8-14-13(12-16)7-11-15(9-5-2)10-6-3/h13-14,16H,4-12H2,1-3H3. The summed E-state index contributed by atoms with van der Waals surface area (Å²) in [4.78, 5) is 2.50. The van der Waals surface area contributed by atoms with Crippen LogP contribution in [0.25, 0.3) is 0 Å². The Balaban J connectivity index is 3.76. The molecule has 0 aliphatic carbocycles. The van der Waals surface area contributed by atoms with Gasteiger partial charge in [-0.3, -0.25) is 0 Å². The molecule has 1 atom stereocenters. The molecule has 0 aromatic heterocycles. The summed E-state index contributed by atoms with van der Waals surface area (Å²) in [5, 5.41) is 12.6. The van der Waals surface area contributed by atoms with Crippen LogP contribution in [-0.4, -0.2) is 48.8 Å². The van der Waals surface area contributed by atoms with Crippen LogP contribution in [0.5, 0.6) is 0 Å². The van der Waals surface area contributed by atoms with Crippen LogP contribution in [0.4, 0.5) is 0 Å². The van der Waals surface area contributed by atoms with Gasteiger partial charge in [-0.1, -0.05) is 20.8 Å². The van der Waals surface area contributed by atoms with Gasteiger partial charge in [-0.05, 0) is 51.9 Å². The van der Waals surface area contributed by atoms with Crippen molar-refractivity contribution < 1.29 is 5.11 Å². The summed E-state index contributed by atoms with van der Waals surface area (Å²) in [6.45, 7) is 11.3. The number of aliphatic hydroxyl groups is 1. The molecular formula is C13H30N2O. The van der Waals surface area contributed by atoms with Crippen molar-refractivity contribution in [2.24, 2.45) is 0 Å². The van der Waals surface area contributed by atoms with Crippen molar-refractivity contribution in [3.63, 3.8) is 0 Å². The third kappa shape index (κ3) is 8.08. The van der Waals surface area contributed by atoms with E-state index in [0.717, 1.165) is 25.9 Å². The van der Waals surface area contributed by atoms with Crippen LogP contribution in [0.3, 0.4) is 0 Å². The highest BCUT2D eigenvalue weighted by Crippen LogP contribution is 1.99. The Labute approximate surface area is 101 Å². The molecule has 16 heavy (non-hydrogen) atoms.